The number of allylic oxidation sites excluding steroid dienone is 1. The summed E-state index contributed by atoms with van der Waals surface area (Å²) in [5.74, 6) is 0.750. The number of hydrogen-bond donors (Lipinski definition) is 0. The van der Waals surface area contributed by atoms with Crippen molar-refractivity contribution in [2.45, 2.75) is 4.90 Å². The van der Waals surface area contributed by atoms with Crippen LogP contribution in [0.2, 0.25) is 0 Å². The third kappa shape index (κ3) is 4.70. The van der Waals surface area contributed by atoms with Gasteiger partial charge >= 0.3 is 0 Å². The van der Waals surface area contributed by atoms with E-state index in [0.717, 1.165) is 16.7 Å². The lowest BCUT2D eigenvalue weighted by atomic mass is 10.1. The van der Waals surface area contributed by atoms with Crippen molar-refractivity contribution < 1.29 is 13.2 Å². The highest BCUT2D eigenvalue weighted by Gasteiger charge is 2.18. The molecule has 0 N–H and O–H groups in total. The smallest absolute Gasteiger partial charge is 0.285 e. The van der Waals surface area contributed by atoms with Crippen molar-refractivity contribution in [1.29, 1.82) is 0 Å². The minimum atomic E-state index is -4.00. The summed E-state index contributed by atoms with van der Waals surface area (Å²) in [6.07, 6.45) is 5.10. The lowest BCUT2D eigenvalue weighted by Gasteiger charge is -2.06. The number of benzene rings is 3. The van der Waals surface area contributed by atoms with Crippen molar-refractivity contribution >= 4 is 32.7 Å². The SMILES string of the molecule is COc1ccc(/C=C/C(=N/S(=O)(=O)c2cccc3cccnc23)c2ccccc2)cc1. The molecule has 0 aliphatic carbocycles. The number of methoxy groups -OCH3 is 1. The quantitative estimate of drug-likeness (QED) is 0.399. The van der Waals surface area contributed by atoms with Gasteiger partial charge in [0.1, 0.15) is 10.6 Å². The van der Waals surface area contributed by atoms with Crippen LogP contribution in [-0.2, 0) is 10.0 Å². The average molecular weight is 429 g/mol. The van der Waals surface area contributed by atoms with Gasteiger partial charge in [-0.2, -0.15) is 12.8 Å². The van der Waals surface area contributed by atoms with Crippen LogP contribution in [0.25, 0.3) is 17.0 Å². The molecule has 0 spiro atoms. The molecule has 154 valence electrons. The Morgan fingerprint density at radius 3 is 2.39 bits per heavy atom. The summed E-state index contributed by atoms with van der Waals surface area (Å²) in [7, 11) is -2.39. The fourth-order valence-corrected chi connectivity index (χ4v) is 4.33. The zero-order chi connectivity index (χ0) is 21.7. The number of hydrogen-bond acceptors (Lipinski definition) is 4. The molecule has 6 heteroatoms. The Labute approximate surface area is 181 Å². The number of pyridine rings is 1. The number of fused-ring (bicyclic) bond motifs is 1. The lowest BCUT2D eigenvalue weighted by Crippen LogP contribution is -2.05. The van der Waals surface area contributed by atoms with Crippen LogP contribution in [0, 0.1) is 0 Å². The van der Waals surface area contributed by atoms with Crippen LogP contribution >= 0.6 is 0 Å². The van der Waals surface area contributed by atoms with E-state index in [4.69, 9.17) is 4.74 Å². The first kappa shape index (κ1) is 20.5. The molecule has 0 bridgehead atoms. The number of nitrogens with zero attached hydrogens (tertiary/aromatic N) is 2. The summed E-state index contributed by atoms with van der Waals surface area (Å²) in [6, 6.07) is 25.3. The molecule has 0 unspecified atom stereocenters. The number of sulfonamides is 1. The van der Waals surface area contributed by atoms with Crippen molar-refractivity contribution in [3.8, 4) is 5.75 Å². The molecule has 0 aliphatic heterocycles. The van der Waals surface area contributed by atoms with E-state index in [1.54, 1.807) is 31.5 Å². The molecule has 0 atom stereocenters. The van der Waals surface area contributed by atoms with Crippen LogP contribution < -0.4 is 4.74 Å². The van der Waals surface area contributed by atoms with Gasteiger partial charge in [0.25, 0.3) is 10.0 Å². The third-order valence-electron chi connectivity index (χ3n) is 4.71. The van der Waals surface area contributed by atoms with Gasteiger partial charge in [0.15, 0.2) is 0 Å². The normalized spacial score (nSPS) is 12.4. The summed E-state index contributed by atoms with van der Waals surface area (Å²) < 4.78 is 35.9. The molecule has 1 heterocycles. The first-order valence-corrected chi connectivity index (χ1v) is 11.1. The number of rotatable bonds is 6. The van der Waals surface area contributed by atoms with E-state index in [1.165, 1.54) is 6.07 Å². The van der Waals surface area contributed by atoms with Gasteiger partial charge in [0.05, 0.1) is 18.3 Å². The van der Waals surface area contributed by atoms with Crippen molar-refractivity contribution in [2.75, 3.05) is 7.11 Å². The Balaban J connectivity index is 1.80. The van der Waals surface area contributed by atoms with Gasteiger partial charge in [-0.25, -0.2) is 0 Å². The zero-order valence-corrected chi connectivity index (χ0v) is 17.7. The fraction of sp³-hybridized carbons (Fsp3) is 0.0400. The van der Waals surface area contributed by atoms with Crippen LogP contribution in [0.1, 0.15) is 11.1 Å². The predicted molar refractivity (Wildman–Crippen MR) is 124 cm³/mol. The summed E-state index contributed by atoms with van der Waals surface area (Å²) in [6.45, 7) is 0. The second-order valence-electron chi connectivity index (χ2n) is 6.76. The van der Waals surface area contributed by atoms with Gasteiger partial charge in [0.2, 0.25) is 0 Å². The van der Waals surface area contributed by atoms with Gasteiger partial charge in [-0.3, -0.25) is 4.98 Å². The van der Waals surface area contributed by atoms with Crippen molar-refractivity contribution in [3.63, 3.8) is 0 Å². The van der Waals surface area contributed by atoms with Crippen molar-refractivity contribution in [3.05, 3.63) is 108 Å². The maximum Gasteiger partial charge on any atom is 0.285 e. The molecule has 4 rings (SSSR count). The fourth-order valence-electron chi connectivity index (χ4n) is 3.14. The van der Waals surface area contributed by atoms with Gasteiger partial charge in [0, 0.05) is 17.1 Å². The molecule has 31 heavy (non-hydrogen) atoms. The Hall–Kier alpha value is -3.77. The van der Waals surface area contributed by atoms with E-state index in [9.17, 15) is 8.42 Å². The molecule has 0 fully saturated rings. The highest BCUT2D eigenvalue weighted by Crippen LogP contribution is 2.23. The number of ether oxygens (including phenoxy) is 1. The summed E-state index contributed by atoms with van der Waals surface area (Å²) >= 11 is 0. The molecule has 0 saturated carbocycles. The Morgan fingerprint density at radius 1 is 0.903 bits per heavy atom. The van der Waals surface area contributed by atoms with Gasteiger partial charge in [-0.15, -0.1) is 0 Å². The molecular formula is C25H20N2O3S. The Bertz CT molecular complexity index is 1360. The largest absolute Gasteiger partial charge is 0.497 e. The summed E-state index contributed by atoms with van der Waals surface area (Å²) in [5, 5.41) is 0.744. The maximum atomic E-state index is 13.2. The third-order valence-corrected chi connectivity index (χ3v) is 6.03. The summed E-state index contributed by atoms with van der Waals surface area (Å²) in [4.78, 5) is 4.34. The van der Waals surface area contributed by atoms with Crippen LogP contribution in [-0.4, -0.2) is 26.2 Å². The van der Waals surface area contributed by atoms with E-state index < -0.39 is 10.0 Å². The molecule has 0 radical (unpaired) electrons. The molecule has 3 aromatic carbocycles. The predicted octanol–water partition coefficient (Wildman–Crippen LogP) is 5.13. The highest BCUT2D eigenvalue weighted by molar-refractivity contribution is 7.90. The zero-order valence-electron chi connectivity index (χ0n) is 16.8. The number of aromatic nitrogens is 1. The van der Waals surface area contributed by atoms with Crippen molar-refractivity contribution in [1.82, 2.24) is 4.98 Å². The highest BCUT2D eigenvalue weighted by atomic mass is 32.2. The first-order valence-electron chi connectivity index (χ1n) is 9.63. The molecule has 5 nitrogen and oxygen atoms in total. The number of para-hydroxylation sites is 1. The molecular weight excluding hydrogens is 408 g/mol. The molecule has 0 amide bonds. The Morgan fingerprint density at radius 2 is 1.65 bits per heavy atom. The second-order valence-corrected chi connectivity index (χ2v) is 8.33. The van der Waals surface area contributed by atoms with E-state index in [-0.39, 0.29) is 4.90 Å². The van der Waals surface area contributed by atoms with Gasteiger partial charge in [-0.05, 0) is 35.9 Å². The maximum absolute atomic E-state index is 13.2. The lowest BCUT2D eigenvalue weighted by molar-refractivity contribution is 0.415. The minimum Gasteiger partial charge on any atom is -0.497 e. The minimum absolute atomic E-state index is 0.0804. The standard InChI is InChI=1S/C25H20N2O3S/c1-30-22-15-12-19(13-16-22)14-17-23(20-7-3-2-4-8-20)27-31(28,29)24-11-5-9-21-10-6-18-26-25(21)24/h2-18H,1H3/b17-14+,27-23-. The van der Waals surface area contributed by atoms with Crippen LogP contribution in [0.15, 0.2) is 106 Å². The van der Waals surface area contributed by atoms with Crippen LogP contribution in [0.3, 0.4) is 0 Å². The Kier molecular flexibility index (Phi) is 5.91. The van der Waals surface area contributed by atoms with Gasteiger partial charge in [-0.1, -0.05) is 66.7 Å². The monoisotopic (exact) mass is 428 g/mol. The van der Waals surface area contributed by atoms with E-state index in [0.29, 0.717) is 16.8 Å². The van der Waals surface area contributed by atoms with E-state index >= 15 is 0 Å². The topological polar surface area (TPSA) is 68.6 Å². The van der Waals surface area contributed by atoms with E-state index in [2.05, 4.69) is 9.38 Å². The molecule has 0 saturated heterocycles. The average Bonchev–Trinajstić information content (AvgIpc) is 2.82. The second kappa shape index (κ2) is 8.93. The molecule has 0 aliphatic rings. The molecule has 1 aromatic heterocycles. The van der Waals surface area contributed by atoms with Crippen LogP contribution in [0.4, 0.5) is 0 Å². The first-order chi connectivity index (χ1) is 15.1. The van der Waals surface area contributed by atoms with Crippen molar-refractivity contribution in [2.24, 2.45) is 4.40 Å². The summed E-state index contributed by atoms with van der Waals surface area (Å²) in [5.41, 5.74) is 2.34. The van der Waals surface area contributed by atoms with Gasteiger partial charge < -0.3 is 4.74 Å². The van der Waals surface area contributed by atoms with E-state index in [1.807, 2.05) is 72.8 Å². The molecule has 4 aromatic rings. The van der Waals surface area contributed by atoms with Crippen LogP contribution in [0.5, 0.6) is 5.75 Å².